The lowest BCUT2D eigenvalue weighted by atomic mass is 9.82. The molecule has 1 heterocycles. The van der Waals surface area contributed by atoms with E-state index in [4.69, 9.17) is 11.6 Å². The van der Waals surface area contributed by atoms with Gasteiger partial charge in [-0.25, -0.2) is 0 Å². The van der Waals surface area contributed by atoms with Gasteiger partial charge in [0.2, 0.25) is 5.56 Å². The van der Waals surface area contributed by atoms with Crippen molar-refractivity contribution in [1.29, 1.82) is 0 Å². The molecular formula is C32H30ClN3O5. The monoisotopic (exact) mass is 571 g/mol. The fourth-order valence-corrected chi connectivity index (χ4v) is 5.02. The van der Waals surface area contributed by atoms with E-state index in [1.807, 2.05) is 61.5 Å². The van der Waals surface area contributed by atoms with Crippen LogP contribution in [-0.4, -0.2) is 30.1 Å². The van der Waals surface area contributed by atoms with Gasteiger partial charge in [0.25, 0.3) is 5.91 Å². The molecule has 1 aromatic heterocycles. The number of hydrogen-bond donors (Lipinski definition) is 1. The molecule has 0 spiro atoms. The molecule has 0 aliphatic rings. The summed E-state index contributed by atoms with van der Waals surface area (Å²) in [5.41, 5.74) is 5.83. The van der Waals surface area contributed by atoms with Crippen LogP contribution in [0.25, 0.3) is 11.1 Å². The number of esters is 1. The van der Waals surface area contributed by atoms with Gasteiger partial charge in [-0.2, -0.15) is 4.91 Å². The molecule has 2 atom stereocenters. The Morgan fingerprint density at radius 1 is 0.951 bits per heavy atom. The molecule has 4 aromatic rings. The molecule has 1 N–H and O–H groups in total. The number of aromatic nitrogens is 1. The zero-order valence-corrected chi connectivity index (χ0v) is 23.7. The molecule has 3 aromatic carbocycles. The number of nitrogens with one attached hydrogen (secondary N) is 1. The van der Waals surface area contributed by atoms with E-state index in [1.165, 1.54) is 17.7 Å². The molecule has 0 fully saturated rings. The highest BCUT2D eigenvalue weighted by Gasteiger charge is 2.24. The Hall–Kier alpha value is -4.56. The number of aryl methyl sites for hydroxylation is 2. The molecule has 9 heteroatoms. The first-order chi connectivity index (χ1) is 19.7. The molecule has 2 unspecified atom stereocenters. The van der Waals surface area contributed by atoms with E-state index < -0.39 is 12.0 Å². The fourth-order valence-electron chi connectivity index (χ4n) is 4.80. The second-order valence-corrected chi connectivity index (χ2v) is 10.2. The van der Waals surface area contributed by atoms with Gasteiger partial charge in [0.05, 0.1) is 7.11 Å². The molecule has 0 aliphatic heterocycles. The van der Waals surface area contributed by atoms with Crippen LogP contribution in [0.15, 0.2) is 95.0 Å². The number of halogens is 1. The summed E-state index contributed by atoms with van der Waals surface area (Å²) in [6.45, 7) is 1.79. The molecule has 210 valence electrons. The van der Waals surface area contributed by atoms with Crippen molar-refractivity contribution >= 4 is 23.5 Å². The minimum atomic E-state index is -0.667. The first-order valence-corrected chi connectivity index (χ1v) is 13.4. The predicted molar refractivity (Wildman–Crippen MR) is 159 cm³/mol. The number of amides is 1. The third-order valence-electron chi connectivity index (χ3n) is 7.10. The van der Waals surface area contributed by atoms with Crippen molar-refractivity contribution in [3.63, 3.8) is 0 Å². The molecular weight excluding hydrogens is 542 g/mol. The van der Waals surface area contributed by atoms with Crippen LogP contribution in [0, 0.1) is 11.8 Å². The second kappa shape index (κ2) is 13.2. The number of carbonyl (C=O) groups is 2. The lowest BCUT2D eigenvalue weighted by molar-refractivity contribution is -0.139. The van der Waals surface area contributed by atoms with E-state index in [0.717, 1.165) is 27.8 Å². The summed E-state index contributed by atoms with van der Waals surface area (Å²) in [6.07, 6.45) is 2.06. The van der Waals surface area contributed by atoms with Crippen molar-refractivity contribution < 1.29 is 14.3 Å². The highest BCUT2D eigenvalue weighted by molar-refractivity contribution is 6.30. The Labute approximate surface area is 242 Å². The number of methoxy groups -OCH3 is 1. The van der Waals surface area contributed by atoms with Gasteiger partial charge in [-0.1, -0.05) is 59.2 Å². The van der Waals surface area contributed by atoms with Gasteiger partial charge in [0, 0.05) is 35.8 Å². The van der Waals surface area contributed by atoms with Crippen molar-refractivity contribution in [1.82, 2.24) is 9.88 Å². The van der Waals surface area contributed by atoms with Crippen LogP contribution in [-0.2, 0) is 16.6 Å². The summed E-state index contributed by atoms with van der Waals surface area (Å²) < 4.78 is 5.99. The summed E-state index contributed by atoms with van der Waals surface area (Å²) in [5, 5.41) is 6.58. The van der Waals surface area contributed by atoms with Crippen molar-refractivity contribution in [2.45, 2.75) is 25.3 Å². The summed E-state index contributed by atoms with van der Waals surface area (Å²) >= 11 is 6.24. The Morgan fingerprint density at radius 2 is 1.59 bits per heavy atom. The van der Waals surface area contributed by atoms with Crippen molar-refractivity contribution in [2.24, 2.45) is 12.2 Å². The first-order valence-electron chi connectivity index (χ1n) is 13.0. The van der Waals surface area contributed by atoms with Gasteiger partial charge in [0.1, 0.15) is 12.6 Å². The lowest BCUT2D eigenvalue weighted by Crippen LogP contribution is -2.30. The summed E-state index contributed by atoms with van der Waals surface area (Å²) in [5.74, 6) is -1.05. The average Bonchev–Trinajstić information content (AvgIpc) is 2.98. The Morgan fingerprint density at radius 3 is 2.17 bits per heavy atom. The van der Waals surface area contributed by atoms with Gasteiger partial charge in [0.15, 0.2) is 0 Å². The third-order valence-corrected chi connectivity index (χ3v) is 7.34. The van der Waals surface area contributed by atoms with Crippen molar-refractivity contribution in [2.75, 3.05) is 13.7 Å². The van der Waals surface area contributed by atoms with E-state index in [9.17, 15) is 19.3 Å². The zero-order valence-electron chi connectivity index (χ0n) is 23.0. The molecule has 0 bridgehead atoms. The van der Waals surface area contributed by atoms with Crippen molar-refractivity contribution in [3.8, 4) is 11.1 Å². The number of benzene rings is 3. The molecule has 0 radical (unpaired) electrons. The third kappa shape index (κ3) is 7.15. The summed E-state index contributed by atoms with van der Waals surface area (Å²) in [4.78, 5) is 47.5. The normalized spacial score (nSPS) is 12.3. The zero-order chi connectivity index (χ0) is 29.5. The van der Waals surface area contributed by atoms with Gasteiger partial charge in [-0.3, -0.25) is 14.4 Å². The van der Waals surface area contributed by atoms with Gasteiger partial charge >= 0.3 is 5.97 Å². The highest BCUT2D eigenvalue weighted by Crippen LogP contribution is 2.38. The Bertz CT molecular complexity index is 1610. The van der Waals surface area contributed by atoms with E-state index in [0.29, 0.717) is 22.6 Å². The molecule has 4 rings (SSSR count). The van der Waals surface area contributed by atoms with Gasteiger partial charge < -0.3 is 14.6 Å². The summed E-state index contributed by atoms with van der Waals surface area (Å²) in [6, 6.07) is 23.3. The molecule has 41 heavy (non-hydrogen) atoms. The standard InChI is InChI=1S/C32H30ClN3O5/c1-20-16-26(33)13-14-27(20)28(17-29(35-40)25-12-15-30(37)36(2)19-25)23-8-4-21(5-9-23)22-6-10-24(11-7-22)32(39)34-18-31(38)41-3/h4-16,19,28-29H,17-18H2,1-3H3,(H,34,39). The Balaban J connectivity index is 1.61. The number of ether oxygens (including phenoxy) is 1. The molecule has 0 saturated carbocycles. The van der Waals surface area contributed by atoms with Crippen LogP contribution in [0.4, 0.5) is 0 Å². The number of nitrogens with zero attached hydrogens (tertiary/aromatic N) is 2. The maximum Gasteiger partial charge on any atom is 0.325 e. The predicted octanol–water partition coefficient (Wildman–Crippen LogP) is 5.95. The molecule has 8 nitrogen and oxygen atoms in total. The van der Waals surface area contributed by atoms with Crippen LogP contribution in [0.3, 0.4) is 0 Å². The van der Waals surface area contributed by atoms with E-state index in [2.05, 4.69) is 15.2 Å². The largest absolute Gasteiger partial charge is 0.468 e. The van der Waals surface area contributed by atoms with E-state index in [1.54, 1.807) is 31.4 Å². The second-order valence-electron chi connectivity index (χ2n) is 9.78. The van der Waals surface area contributed by atoms with Crippen LogP contribution < -0.4 is 10.9 Å². The van der Waals surface area contributed by atoms with Crippen LogP contribution >= 0.6 is 11.6 Å². The lowest BCUT2D eigenvalue weighted by Gasteiger charge is -2.23. The highest BCUT2D eigenvalue weighted by atomic mass is 35.5. The van der Waals surface area contributed by atoms with Crippen LogP contribution in [0.2, 0.25) is 5.02 Å². The molecule has 0 aliphatic carbocycles. The quantitative estimate of drug-likeness (QED) is 0.187. The number of hydrogen-bond acceptors (Lipinski definition) is 6. The summed E-state index contributed by atoms with van der Waals surface area (Å²) in [7, 11) is 2.91. The average molecular weight is 572 g/mol. The first kappa shape index (κ1) is 29.4. The van der Waals surface area contributed by atoms with E-state index in [-0.39, 0.29) is 23.9 Å². The minimum absolute atomic E-state index is 0.158. The van der Waals surface area contributed by atoms with E-state index >= 15 is 0 Å². The van der Waals surface area contributed by atoms with Crippen LogP contribution in [0.1, 0.15) is 51.0 Å². The number of rotatable bonds is 10. The smallest absolute Gasteiger partial charge is 0.325 e. The maximum absolute atomic E-state index is 12.3. The van der Waals surface area contributed by atoms with Crippen molar-refractivity contribution in [3.05, 3.63) is 133 Å². The molecule has 1 amide bonds. The number of carbonyl (C=O) groups excluding carboxylic acids is 2. The fraction of sp³-hybridized carbons (Fsp3) is 0.219. The maximum atomic E-state index is 12.3. The van der Waals surface area contributed by atoms with Crippen LogP contribution in [0.5, 0.6) is 0 Å². The number of nitroso groups, excluding NO2 is 1. The van der Waals surface area contributed by atoms with Gasteiger partial charge in [-0.15, -0.1) is 0 Å². The Kier molecular flexibility index (Phi) is 9.47. The minimum Gasteiger partial charge on any atom is -0.468 e. The topological polar surface area (TPSA) is 107 Å². The number of pyridine rings is 1. The van der Waals surface area contributed by atoms with Gasteiger partial charge in [-0.05, 0) is 77.1 Å². The molecule has 0 saturated heterocycles. The SMILES string of the molecule is COC(=O)CNC(=O)c1ccc(-c2ccc(C(CC(N=O)c3ccc(=O)n(C)c3)c3ccc(Cl)cc3C)cc2)cc1.